The number of hydrogen-bond acceptors (Lipinski definition) is 2. The van der Waals surface area contributed by atoms with Crippen molar-refractivity contribution in [2.75, 3.05) is 0 Å². The van der Waals surface area contributed by atoms with Crippen molar-refractivity contribution in [3.05, 3.63) is 69.7 Å². The molecule has 4 heteroatoms. The van der Waals surface area contributed by atoms with E-state index in [0.29, 0.717) is 10.6 Å². The number of carbonyl (C=O) groups excluding carboxylic acids is 1. The van der Waals surface area contributed by atoms with Crippen LogP contribution in [0.3, 0.4) is 0 Å². The van der Waals surface area contributed by atoms with Gasteiger partial charge >= 0.3 is 0 Å². The number of aryl methyl sites for hydroxylation is 2. The van der Waals surface area contributed by atoms with Gasteiger partial charge in [-0.3, -0.25) is 4.79 Å². The third kappa shape index (κ3) is 3.45. The molecule has 0 bridgehead atoms. The molecule has 2 aromatic carbocycles. The molecule has 0 saturated carbocycles. The summed E-state index contributed by atoms with van der Waals surface area (Å²) in [6.45, 7) is 4.04. The van der Waals surface area contributed by atoms with Crippen molar-refractivity contribution in [2.45, 2.75) is 13.8 Å². The lowest BCUT2D eigenvalue weighted by Gasteiger charge is -2.03. The SMILES string of the molecule is Cc1ccc(/C=N/NC(=O)c2ccccc2Cl)c(C)c1. The number of nitrogens with zero attached hydrogens (tertiary/aromatic N) is 1. The summed E-state index contributed by atoms with van der Waals surface area (Å²) in [6.07, 6.45) is 1.63. The van der Waals surface area contributed by atoms with Gasteiger partial charge in [-0.15, -0.1) is 0 Å². The van der Waals surface area contributed by atoms with Gasteiger partial charge in [-0.05, 0) is 37.1 Å². The lowest BCUT2D eigenvalue weighted by atomic mass is 10.1. The first kappa shape index (κ1) is 14.3. The number of nitrogens with one attached hydrogen (secondary N) is 1. The van der Waals surface area contributed by atoms with Crippen molar-refractivity contribution < 1.29 is 4.79 Å². The molecule has 0 radical (unpaired) electrons. The Bertz CT molecular complexity index is 665. The molecule has 3 nitrogen and oxygen atoms in total. The summed E-state index contributed by atoms with van der Waals surface area (Å²) in [5.41, 5.74) is 6.16. The van der Waals surface area contributed by atoms with Gasteiger partial charge in [0.2, 0.25) is 0 Å². The molecule has 0 atom stereocenters. The van der Waals surface area contributed by atoms with Gasteiger partial charge in [0.15, 0.2) is 0 Å². The summed E-state index contributed by atoms with van der Waals surface area (Å²) in [4.78, 5) is 11.9. The number of benzene rings is 2. The average molecular weight is 287 g/mol. The van der Waals surface area contributed by atoms with E-state index in [1.54, 1.807) is 30.5 Å². The molecule has 0 aliphatic rings. The van der Waals surface area contributed by atoms with Crippen LogP contribution in [0, 0.1) is 13.8 Å². The van der Waals surface area contributed by atoms with Gasteiger partial charge in [-0.1, -0.05) is 47.5 Å². The van der Waals surface area contributed by atoms with Gasteiger partial charge in [0.25, 0.3) is 5.91 Å². The molecule has 0 spiro atoms. The van der Waals surface area contributed by atoms with Crippen LogP contribution in [0.1, 0.15) is 27.0 Å². The quantitative estimate of drug-likeness (QED) is 0.678. The maximum atomic E-state index is 11.9. The van der Waals surface area contributed by atoms with E-state index in [1.165, 1.54) is 5.56 Å². The molecule has 0 saturated heterocycles. The van der Waals surface area contributed by atoms with E-state index in [0.717, 1.165) is 11.1 Å². The Morgan fingerprint density at radius 3 is 2.65 bits per heavy atom. The summed E-state index contributed by atoms with van der Waals surface area (Å²) < 4.78 is 0. The molecule has 20 heavy (non-hydrogen) atoms. The zero-order valence-corrected chi connectivity index (χ0v) is 12.1. The number of halogens is 1. The van der Waals surface area contributed by atoms with Crippen LogP contribution in [-0.2, 0) is 0 Å². The first-order valence-electron chi connectivity index (χ1n) is 6.23. The van der Waals surface area contributed by atoms with E-state index in [9.17, 15) is 4.79 Å². The van der Waals surface area contributed by atoms with E-state index < -0.39 is 0 Å². The topological polar surface area (TPSA) is 41.5 Å². The minimum Gasteiger partial charge on any atom is -0.267 e. The van der Waals surface area contributed by atoms with Gasteiger partial charge in [0.1, 0.15) is 0 Å². The maximum Gasteiger partial charge on any atom is 0.272 e. The maximum absolute atomic E-state index is 11.9. The van der Waals surface area contributed by atoms with Crippen molar-refractivity contribution in [1.82, 2.24) is 5.43 Å². The van der Waals surface area contributed by atoms with Crippen LogP contribution in [0.5, 0.6) is 0 Å². The molecule has 0 heterocycles. The smallest absolute Gasteiger partial charge is 0.267 e. The van der Waals surface area contributed by atoms with E-state index >= 15 is 0 Å². The Morgan fingerprint density at radius 1 is 1.20 bits per heavy atom. The van der Waals surface area contributed by atoms with Gasteiger partial charge < -0.3 is 0 Å². The van der Waals surface area contributed by atoms with Gasteiger partial charge in [-0.25, -0.2) is 5.43 Å². The molecule has 2 rings (SSSR count). The largest absolute Gasteiger partial charge is 0.272 e. The minimum atomic E-state index is -0.323. The molecule has 102 valence electrons. The van der Waals surface area contributed by atoms with Gasteiger partial charge in [0, 0.05) is 0 Å². The second-order valence-corrected chi connectivity index (χ2v) is 4.95. The molecular formula is C16H15ClN2O. The molecule has 0 aliphatic carbocycles. The zero-order valence-electron chi connectivity index (χ0n) is 11.4. The second-order valence-electron chi connectivity index (χ2n) is 4.54. The Morgan fingerprint density at radius 2 is 1.95 bits per heavy atom. The van der Waals surface area contributed by atoms with E-state index in [1.807, 2.05) is 26.0 Å². The van der Waals surface area contributed by atoms with Crippen molar-refractivity contribution in [1.29, 1.82) is 0 Å². The highest BCUT2D eigenvalue weighted by molar-refractivity contribution is 6.33. The van der Waals surface area contributed by atoms with Crippen molar-refractivity contribution in [3.8, 4) is 0 Å². The predicted molar refractivity (Wildman–Crippen MR) is 82.4 cm³/mol. The van der Waals surface area contributed by atoms with Gasteiger partial charge in [-0.2, -0.15) is 5.10 Å². The lowest BCUT2D eigenvalue weighted by Crippen LogP contribution is -2.18. The highest BCUT2D eigenvalue weighted by Gasteiger charge is 2.07. The lowest BCUT2D eigenvalue weighted by molar-refractivity contribution is 0.0955. The van der Waals surface area contributed by atoms with Crippen LogP contribution in [0.15, 0.2) is 47.6 Å². The number of amides is 1. The fraction of sp³-hybridized carbons (Fsp3) is 0.125. The Labute approximate surface area is 123 Å². The Kier molecular flexibility index (Phi) is 4.53. The Balaban J connectivity index is 2.07. The van der Waals surface area contributed by atoms with Crippen LogP contribution in [0.2, 0.25) is 5.02 Å². The molecule has 1 N–H and O–H groups in total. The first-order valence-corrected chi connectivity index (χ1v) is 6.61. The fourth-order valence-electron chi connectivity index (χ4n) is 1.84. The van der Waals surface area contributed by atoms with Crippen LogP contribution >= 0.6 is 11.6 Å². The standard InChI is InChI=1S/C16H15ClN2O/c1-11-7-8-13(12(2)9-11)10-18-19-16(20)14-5-3-4-6-15(14)17/h3-10H,1-2H3,(H,19,20)/b18-10+. The molecule has 0 aliphatic heterocycles. The third-order valence-corrected chi connectivity index (χ3v) is 3.24. The van der Waals surface area contributed by atoms with E-state index in [-0.39, 0.29) is 5.91 Å². The monoisotopic (exact) mass is 286 g/mol. The van der Waals surface area contributed by atoms with Crippen LogP contribution in [0.4, 0.5) is 0 Å². The average Bonchev–Trinajstić information content (AvgIpc) is 2.41. The molecule has 0 fully saturated rings. The summed E-state index contributed by atoms with van der Waals surface area (Å²) in [5, 5.41) is 4.38. The predicted octanol–water partition coefficient (Wildman–Crippen LogP) is 3.72. The van der Waals surface area contributed by atoms with Crippen LogP contribution in [0.25, 0.3) is 0 Å². The highest BCUT2D eigenvalue weighted by atomic mass is 35.5. The number of carbonyl (C=O) groups is 1. The number of rotatable bonds is 3. The first-order chi connectivity index (χ1) is 9.58. The van der Waals surface area contributed by atoms with Gasteiger partial charge in [0.05, 0.1) is 16.8 Å². The normalized spacial score (nSPS) is 10.8. The summed E-state index contributed by atoms with van der Waals surface area (Å²) >= 11 is 5.94. The zero-order chi connectivity index (χ0) is 14.5. The van der Waals surface area contributed by atoms with E-state index in [2.05, 4.69) is 16.6 Å². The van der Waals surface area contributed by atoms with Crippen LogP contribution in [-0.4, -0.2) is 12.1 Å². The summed E-state index contributed by atoms with van der Waals surface area (Å²) in [7, 11) is 0. The van der Waals surface area contributed by atoms with Crippen molar-refractivity contribution in [2.24, 2.45) is 5.10 Å². The van der Waals surface area contributed by atoms with Crippen LogP contribution < -0.4 is 5.43 Å². The van der Waals surface area contributed by atoms with Crippen molar-refractivity contribution in [3.63, 3.8) is 0 Å². The molecular weight excluding hydrogens is 272 g/mol. The molecule has 1 amide bonds. The highest BCUT2D eigenvalue weighted by Crippen LogP contribution is 2.14. The summed E-state index contributed by atoms with van der Waals surface area (Å²) in [5.74, 6) is -0.323. The summed E-state index contributed by atoms with van der Waals surface area (Å²) in [6, 6.07) is 12.9. The molecule has 2 aromatic rings. The number of hydrogen-bond donors (Lipinski definition) is 1. The Hall–Kier alpha value is -2.13. The fourth-order valence-corrected chi connectivity index (χ4v) is 2.06. The molecule has 0 unspecified atom stereocenters. The van der Waals surface area contributed by atoms with Crippen molar-refractivity contribution >= 4 is 23.7 Å². The third-order valence-electron chi connectivity index (χ3n) is 2.91. The molecule has 0 aromatic heterocycles. The van der Waals surface area contributed by atoms with E-state index in [4.69, 9.17) is 11.6 Å². The second kappa shape index (κ2) is 6.35. The minimum absolute atomic E-state index is 0.323. The number of hydrazone groups is 1.